The smallest absolute Gasteiger partial charge is 0.260 e. The van der Waals surface area contributed by atoms with E-state index < -0.39 is 11.4 Å². The van der Waals surface area contributed by atoms with Crippen molar-refractivity contribution in [2.24, 2.45) is 0 Å². The Bertz CT molecular complexity index is 548. The Morgan fingerprint density at radius 3 is 3.00 bits per heavy atom. The zero-order valence-corrected chi connectivity index (χ0v) is 9.43. The predicted molar refractivity (Wildman–Crippen MR) is 58.9 cm³/mol. The maximum atomic E-state index is 12.7. The van der Waals surface area contributed by atoms with Gasteiger partial charge in [-0.05, 0) is 25.1 Å². The Labute approximate surface area is 102 Å². The van der Waals surface area contributed by atoms with Gasteiger partial charge in [0.05, 0.1) is 6.20 Å². The maximum Gasteiger partial charge on any atom is 0.260 e. The highest BCUT2D eigenvalue weighted by Gasteiger charge is 2.38. The molecule has 1 saturated heterocycles. The molecule has 1 fully saturated rings. The molecular weight excluding hydrogens is 239 g/mol. The number of hydrogen-bond donors (Lipinski definition) is 2. The first-order chi connectivity index (χ1) is 8.67. The molecule has 1 aliphatic rings. The van der Waals surface area contributed by atoms with E-state index in [9.17, 15) is 9.50 Å². The van der Waals surface area contributed by atoms with Crippen LogP contribution in [-0.4, -0.2) is 33.3 Å². The number of β-amino-alcohol motifs (C(OH)–C–C–N with tert-alkyl or cyclic N) is 1. The predicted octanol–water partition coefficient (Wildman–Crippen LogP) is 0.452. The molecule has 2 aromatic rings. The molecule has 0 amide bonds. The van der Waals surface area contributed by atoms with E-state index in [1.165, 1.54) is 12.1 Å². The monoisotopic (exact) mass is 250 g/mol. The lowest BCUT2D eigenvalue weighted by Gasteiger charge is -2.14. The summed E-state index contributed by atoms with van der Waals surface area (Å²) in [6.07, 6.45) is 1.60. The average molecular weight is 250 g/mol. The molecule has 3 rings (SSSR count). The summed E-state index contributed by atoms with van der Waals surface area (Å²) in [6, 6.07) is 2.73. The molecule has 7 heteroatoms. The largest absolute Gasteiger partial charge is 0.379 e. The van der Waals surface area contributed by atoms with Crippen molar-refractivity contribution in [2.45, 2.75) is 12.0 Å². The van der Waals surface area contributed by atoms with Crippen molar-refractivity contribution in [1.29, 1.82) is 0 Å². The van der Waals surface area contributed by atoms with Crippen molar-refractivity contribution in [3.05, 3.63) is 30.0 Å². The number of halogens is 1. The molecule has 1 unspecified atom stereocenters. The minimum atomic E-state index is -1.12. The van der Waals surface area contributed by atoms with E-state index in [0.717, 1.165) is 6.20 Å². The van der Waals surface area contributed by atoms with Gasteiger partial charge >= 0.3 is 0 Å². The first-order valence-corrected chi connectivity index (χ1v) is 5.57. The molecule has 0 spiro atoms. The molecule has 0 bridgehead atoms. The molecule has 0 radical (unpaired) electrons. The first-order valence-electron chi connectivity index (χ1n) is 5.57. The molecule has 1 atom stereocenters. The molecule has 1 aliphatic heterocycles. The number of nitrogens with zero attached hydrogens (tertiary/aromatic N) is 3. The molecule has 2 aromatic heterocycles. The van der Waals surface area contributed by atoms with Crippen molar-refractivity contribution in [1.82, 2.24) is 20.4 Å². The maximum absolute atomic E-state index is 12.7. The number of pyridine rings is 1. The second kappa shape index (κ2) is 4.11. The SMILES string of the molecule is OC1(c2nc(-c3ccc(F)cn3)no2)CCNC1. The molecule has 0 aliphatic carbocycles. The number of hydrogen-bond acceptors (Lipinski definition) is 6. The quantitative estimate of drug-likeness (QED) is 0.805. The normalized spacial score (nSPS) is 23.4. The Morgan fingerprint density at radius 1 is 1.44 bits per heavy atom. The fourth-order valence-electron chi connectivity index (χ4n) is 1.89. The van der Waals surface area contributed by atoms with Crippen LogP contribution in [0.5, 0.6) is 0 Å². The van der Waals surface area contributed by atoms with Gasteiger partial charge < -0.3 is 14.9 Å². The van der Waals surface area contributed by atoms with Gasteiger partial charge in [-0.2, -0.15) is 4.98 Å². The van der Waals surface area contributed by atoms with E-state index in [0.29, 0.717) is 25.2 Å². The van der Waals surface area contributed by atoms with Gasteiger partial charge in [0, 0.05) is 6.54 Å². The van der Waals surface area contributed by atoms with E-state index in [1.807, 2.05) is 0 Å². The van der Waals surface area contributed by atoms with Crippen LogP contribution in [0.25, 0.3) is 11.5 Å². The van der Waals surface area contributed by atoms with E-state index in [1.54, 1.807) is 0 Å². The van der Waals surface area contributed by atoms with E-state index in [4.69, 9.17) is 4.52 Å². The van der Waals surface area contributed by atoms with E-state index >= 15 is 0 Å². The molecule has 6 nitrogen and oxygen atoms in total. The highest BCUT2D eigenvalue weighted by atomic mass is 19.1. The van der Waals surface area contributed by atoms with Crippen molar-refractivity contribution in [3.8, 4) is 11.5 Å². The summed E-state index contributed by atoms with van der Waals surface area (Å²) in [5.41, 5.74) is -0.716. The second-order valence-electron chi connectivity index (χ2n) is 4.24. The Hall–Kier alpha value is -1.86. The van der Waals surface area contributed by atoms with Gasteiger partial charge in [-0.1, -0.05) is 5.16 Å². The third-order valence-electron chi connectivity index (χ3n) is 2.91. The highest BCUT2D eigenvalue weighted by molar-refractivity contribution is 5.47. The van der Waals surface area contributed by atoms with Crippen molar-refractivity contribution in [2.75, 3.05) is 13.1 Å². The highest BCUT2D eigenvalue weighted by Crippen LogP contribution is 2.27. The van der Waals surface area contributed by atoms with Gasteiger partial charge in [-0.3, -0.25) is 0 Å². The molecule has 0 saturated carbocycles. The summed E-state index contributed by atoms with van der Waals surface area (Å²) in [5.74, 6) is -0.0277. The average Bonchev–Trinajstić information content (AvgIpc) is 2.99. The Balaban J connectivity index is 1.91. The van der Waals surface area contributed by atoms with Crippen LogP contribution in [0.1, 0.15) is 12.3 Å². The minimum Gasteiger partial charge on any atom is -0.379 e. The van der Waals surface area contributed by atoms with Crippen LogP contribution in [0.3, 0.4) is 0 Å². The van der Waals surface area contributed by atoms with Crippen LogP contribution in [0.15, 0.2) is 22.9 Å². The molecule has 0 aromatic carbocycles. The zero-order chi connectivity index (χ0) is 12.6. The summed E-state index contributed by atoms with van der Waals surface area (Å²) in [4.78, 5) is 7.97. The van der Waals surface area contributed by atoms with Gasteiger partial charge in [0.15, 0.2) is 5.60 Å². The molecule has 18 heavy (non-hydrogen) atoms. The molecule has 2 N–H and O–H groups in total. The van der Waals surface area contributed by atoms with Crippen LogP contribution < -0.4 is 5.32 Å². The molecule has 3 heterocycles. The van der Waals surface area contributed by atoms with Crippen molar-refractivity contribution in [3.63, 3.8) is 0 Å². The summed E-state index contributed by atoms with van der Waals surface area (Å²) < 4.78 is 17.8. The standard InChI is InChI=1S/C11H11FN4O2/c12-7-1-2-8(14-5-7)9-15-10(18-16-9)11(17)3-4-13-6-11/h1-2,5,13,17H,3-4,6H2. The lowest BCUT2D eigenvalue weighted by atomic mass is 10.0. The first kappa shape index (κ1) is 11.2. The number of aromatic nitrogens is 3. The van der Waals surface area contributed by atoms with E-state index in [-0.39, 0.29) is 11.7 Å². The number of rotatable bonds is 2. The Kier molecular flexibility index (Phi) is 2.57. The van der Waals surface area contributed by atoms with Crippen LogP contribution in [-0.2, 0) is 5.60 Å². The summed E-state index contributed by atoms with van der Waals surface area (Å²) in [6.45, 7) is 1.08. The zero-order valence-electron chi connectivity index (χ0n) is 9.43. The van der Waals surface area contributed by atoms with Crippen LogP contribution in [0, 0.1) is 5.82 Å². The minimum absolute atomic E-state index is 0.161. The fraction of sp³-hybridized carbons (Fsp3) is 0.364. The van der Waals surface area contributed by atoms with Crippen molar-refractivity contribution < 1.29 is 14.0 Å². The molecular formula is C11H11FN4O2. The molecule has 94 valence electrons. The lowest BCUT2D eigenvalue weighted by molar-refractivity contribution is 0.0243. The van der Waals surface area contributed by atoms with E-state index in [2.05, 4.69) is 20.4 Å². The Morgan fingerprint density at radius 2 is 2.33 bits per heavy atom. The third kappa shape index (κ3) is 1.87. The van der Waals surface area contributed by atoms with Gasteiger partial charge in [0.1, 0.15) is 11.5 Å². The van der Waals surface area contributed by atoms with Gasteiger partial charge in [-0.15, -0.1) is 0 Å². The van der Waals surface area contributed by atoms with Gasteiger partial charge in [-0.25, -0.2) is 9.37 Å². The lowest BCUT2D eigenvalue weighted by Crippen LogP contribution is -2.28. The van der Waals surface area contributed by atoms with Gasteiger partial charge in [0.2, 0.25) is 5.82 Å². The van der Waals surface area contributed by atoms with Crippen molar-refractivity contribution >= 4 is 0 Å². The van der Waals surface area contributed by atoms with Crippen LogP contribution in [0.2, 0.25) is 0 Å². The van der Waals surface area contributed by atoms with Crippen LogP contribution in [0.4, 0.5) is 4.39 Å². The van der Waals surface area contributed by atoms with Crippen LogP contribution >= 0.6 is 0 Å². The van der Waals surface area contributed by atoms with Gasteiger partial charge in [0.25, 0.3) is 5.89 Å². The third-order valence-corrected chi connectivity index (χ3v) is 2.91. The topological polar surface area (TPSA) is 84.1 Å². The number of nitrogens with one attached hydrogen (secondary N) is 1. The second-order valence-corrected chi connectivity index (χ2v) is 4.24. The summed E-state index contributed by atoms with van der Waals surface area (Å²) in [5, 5.41) is 17.0. The summed E-state index contributed by atoms with van der Waals surface area (Å²) >= 11 is 0. The fourth-order valence-corrected chi connectivity index (χ4v) is 1.89. The number of aliphatic hydroxyl groups is 1. The summed E-state index contributed by atoms with van der Waals surface area (Å²) in [7, 11) is 0.